The number of rotatable bonds is 5. The minimum atomic E-state index is -1.07. The number of para-hydroxylation sites is 1. The molecular weight excluding hydrogens is 268 g/mol. The van der Waals surface area contributed by atoms with Gasteiger partial charge in [0.05, 0.1) is 12.2 Å². The number of hydrogen-bond acceptors (Lipinski definition) is 3. The summed E-state index contributed by atoms with van der Waals surface area (Å²) < 4.78 is 1.57. The van der Waals surface area contributed by atoms with Crippen LogP contribution in [-0.2, 0) is 13.0 Å². The van der Waals surface area contributed by atoms with Crippen molar-refractivity contribution in [1.82, 2.24) is 20.0 Å². The normalized spacial score (nSPS) is 10.9. The number of carbonyl (C=O) groups is 1. The van der Waals surface area contributed by atoms with Gasteiger partial charge in [-0.3, -0.25) is 0 Å². The Balaban J connectivity index is 2.06. The van der Waals surface area contributed by atoms with Crippen molar-refractivity contribution in [1.29, 1.82) is 0 Å². The second-order valence-corrected chi connectivity index (χ2v) is 4.70. The second kappa shape index (κ2) is 5.24. The molecule has 0 saturated heterocycles. The number of H-pyrrole nitrogens is 1. The molecule has 106 valence electrons. The van der Waals surface area contributed by atoms with Gasteiger partial charge in [0, 0.05) is 23.5 Å². The topological polar surface area (TPSA) is 83.8 Å². The van der Waals surface area contributed by atoms with Gasteiger partial charge in [0.1, 0.15) is 0 Å². The maximum Gasteiger partial charge on any atom is 0.358 e. The Labute approximate surface area is 120 Å². The van der Waals surface area contributed by atoms with Gasteiger partial charge in [0.15, 0.2) is 5.69 Å². The number of nitrogens with zero attached hydrogens (tertiary/aromatic N) is 3. The van der Waals surface area contributed by atoms with Gasteiger partial charge in [0.25, 0.3) is 0 Å². The number of aromatic nitrogens is 4. The Morgan fingerprint density at radius 3 is 3.00 bits per heavy atom. The number of aromatic amines is 1. The van der Waals surface area contributed by atoms with Crippen LogP contribution in [0.2, 0.25) is 0 Å². The van der Waals surface area contributed by atoms with Crippen molar-refractivity contribution in [2.75, 3.05) is 0 Å². The number of benzene rings is 1. The van der Waals surface area contributed by atoms with E-state index in [2.05, 4.69) is 21.9 Å². The van der Waals surface area contributed by atoms with Crippen molar-refractivity contribution < 1.29 is 9.90 Å². The zero-order valence-electron chi connectivity index (χ0n) is 11.3. The van der Waals surface area contributed by atoms with E-state index in [0.717, 1.165) is 16.5 Å². The summed E-state index contributed by atoms with van der Waals surface area (Å²) in [6.07, 6.45) is 4.01. The Morgan fingerprint density at radius 2 is 2.24 bits per heavy atom. The van der Waals surface area contributed by atoms with E-state index in [0.29, 0.717) is 18.7 Å². The first-order valence-electron chi connectivity index (χ1n) is 6.52. The minimum Gasteiger partial charge on any atom is -0.476 e. The van der Waals surface area contributed by atoms with Gasteiger partial charge < -0.3 is 10.1 Å². The van der Waals surface area contributed by atoms with Crippen LogP contribution < -0.4 is 0 Å². The van der Waals surface area contributed by atoms with Gasteiger partial charge in [-0.2, -0.15) is 0 Å². The highest BCUT2D eigenvalue weighted by Gasteiger charge is 2.19. The van der Waals surface area contributed by atoms with Crippen LogP contribution in [0, 0.1) is 0 Å². The largest absolute Gasteiger partial charge is 0.476 e. The number of allylic oxidation sites excluding steroid dienone is 1. The Kier molecular flexibility index (Phi) is 3.27. The lowest BCUT2D eigenvalue weighted by molar-refractivity contribution is 0.0689. The maximum atomic E-state index is 11.3. The molecule has 0 amide bonds. The van der Waals surface area contributed by atoms with Gasteiger partial charge in [-0.25, -0.2) is 9.48 Å². The van der Waals surface area contributed by atoms with Crippen LogP contribution in [0.25, 0.3) is 10.9 Å². The lowest BCUT2D eigenvalue weighted by Gasteiger charge is -2.04. The van der Waals surface area contributed by atoms with E-state index in [1.54, 1.807) is 10.8 Å². The van der Waals surface area contributed by atoms with E-state index in [-0.39, 0.29) is 5.69 Å². The summed E-state index contributed by atoms with van der Waals surface area (Å²) in [4.78, 5) is 14.5. The number of carboxylic acid groups (broad SMARTS) is 1. The molecule has 0 bridgehead atoms. The molecule has 6 nitrogen and oxygen atoms in total. The second-order valence-electron chi connectivity index (χ2n) is 4.70. The summed E-state index contributed by atoms with van der Waals surface area (Å²) in [6.45, 7) is 4.08. The summed E-state index contributed by atoms with van der Waals surface area (Å²) in [5, 5.41) is 18.0. The highest BCUT2D eigenvalue weighted by molar-refractivity contribution is 5.87. The van der Waals surface area contributed by atoms with E-state index in [1.807, 2.05) is 30.5 Å². The average Bonchev–Trinajstić information content (AvgIpc) is 3.06. The van der Waals surface area contributed by atoms with Gasteiger partial charge >= 0.3 is 5.97 Å². The van der Waals surface area contributed by atoms with Crippen molar-refractivity contribution in [3.8, 4) is 0 Å². The predicted molar refractivity (Wildman–Crippen MR) is 78.3 cm³/mol. The Morgan fingerprint density at radius 1 is 1.43 bits per heavy atom. The lowest BCUT2D eigenvalue weighted by Crippen LogP contribution is -2.08. The Bertz CT molecular complexity index is 816. The van der Waals surface area contributed by atoms with Crippen molar-refractivity contribution >= 4 is 16.9 Å². The molecule has 0 saturated carbocycles. The lowest BCUT2D eigenvalue weighted by atomic mass is 10.1. The molecule has 0 aliphatic heterocycles. The van der Waals surface area contributed by atoms with Crippen LogP contribution in [0.5, 0.6) is 0 Å². The molecule has 2 heterocycles. The first-order chi connectivity index (χ1) is 10.2. The molecule has 0 atom stereocenters. The van der Waals surface area contributed by atoms with E-state index in [9.17, 15) is 9.90 Å². The van der Waals surface area contributed by atoms with Gasteiger partial charge in [-0.15, -0.1) is 11.7 Å². The van der Waals surface area contributed by atoms with E-state index < -0.39 is 5.97 Å². The summed E-state index contributed by atoms with van der Waals surface area (Å²) in [7, 11) is 0. The fraction of sp³-hybridized carbons (Fsp3) is 0.133. The third-order valence-corrected chi connectivity index (χ3v) is 3.38. The molecule has 1 aromatic carbocycles. The molecule has 6 heteroatoms. The quantitative estimate of drug-likeness (QED) is 0.703. The van der Waals surface area contributed by atoms with E-state index >= 15 is 0 Å². The summed E-state index contributed by atoms with van der Waals surface area (Å²) >= 11 is 0. The van der Waals surface area contributed by atoms with Gasteiger partial charge in [-0.05, 0) is 11.6 Å². The third kappa shape index (κ3) is 2.31. The minimum absolute atomic E-state index is 0.0119. The monoisotopic (exact) mass is 282 g/mol. The first kappa shape index (κ1) is 13.1. The molecule has 21 heavy (non-hydrogen) atoms. The van der Waals surface area contributed by atoms with Gasteiger partial charge in [0.2, 0.25) is 0 Å². The van der Waals surface area contributed by atoms with Crippen LogP contribution in [-0.4, -0.2) is 31.1 Å². The molecule has 2 aromatic heterocycles. The first-order valence-corrected chi connectivity index (χ1v) is 6.52. The van der Waals surface area contributed by atoms with Crippen LogP contribution in [0.1, 0.15) is 21.7 Å². The molecule has 0 radical (unpaired) electrons. The average molecular weight is 282 g/mol. The number of nitrogens with one attached hydrogen (secondary N) is 1. The standard InChI is InChI=1S/C15H14N4O2/c1-2-7-19-13(14(15(20)21)17-18-19)8-10-9-16-12-6-4-3-5-11(10)12/h2-6,9,16H,1,7-8H2,(H,20,21). The highest BCUT2D eigenvalue weighted by Crippen LogP contribution is 2.21. The highest BCUT2D eigenvalue weighted by atomic mass is 16.4. The van der Waals surface area contributed by atoms with Crippen LogP contribution >= 0.6 is 0 Å². The van der Waals surface area contributed by atoms with Crippen molar-refractivity contribution in [3.63, 3.8) is 0 Å². The van der Waals surface area contributed by atoms with Gasteiger partial charge in [-0.1, -0.05) is 29.5 Å². The smallest absolute Gasteiger partial charge is 0.358 e. The Hall–Kier alpha value is -2.89. The zero-order chi connectivity index (χ0) is 14.8. The fourth-order valence-electron chi connectivity index (χ4n) is 2.40. The molecular formula is C15H14N4O2. The molecule has 0 aliphatic carbocycles. The molecule has 3 rings (SSSR count). The molecule has 0 fully saturated rings. The van der Waals surface area contributed by atoms with Crippen LogP contribution in [0.15, 0.2) is 43.1 Å². The van der Waals surface area contributed by atoms with Crippen LogP contribution in [0.3, 0.4) is 0 Å². The maximum absolute atomic E-state index is 11.3. The third-order valence-electron chi connectivity index (χ3n) is 3.38. The summed E-state index contributed by atoms with van der Waals surface area (Å²) in [5.74, 6) is -1.07. The SMILES string of the molecule is C=CCn1nnc(C(=O)O)c1Cc1c[nH]c2ccccc12. The van der Waals surface area contributed by atoms with E-state index in [1.165, 1.54) is 0 Å². The number of hydrogen-bond donors (Lipinski definition) is 2. The van der Waals surface area contributed by atoms with Crippen molar-refractivity contribution in [3.05, 3.63) is 60.1 Å². The van der Waals surface area contributed by atoms with Crippen molar-refractivity contribution in [2.45, 2.75) is 13.0 Å². The molecule has 0 unspecified atom stereocenters. The predicted octanol–water partition coefficient (Wildman–Crippen LogP) is 2.23. The number of aromatic carboxylic acids is 1. The van der Waals surface area contributed by atoms with Crippen molar-refractivity contribution in [2.24, 2.45) is 0 Å². The fourth-order valence-corrected chi connectivity index (χ4v) is 2.40. The number of carboxylic acids is 1. The summed E-state index contributed by atoms with van der Waals surface area (Å²) in [5.41, 5.74) is 2.60. The van der Waals surface area contributed by atoms with Crippen LogP contribution in [0.4, 0.5) is 0 Å². The number of fused-ring (bicyclic) bond motifs is 1. The molecule has 3 aromatic rings. The zero-order valence-corrected chi connectivity index (χ0v) is 11.3. The molecule has 0 spiro atoms. The summed E-state index contributed by atoms with van der Waals surface area (Å²) in [6, 6.07) is 7.89. The molecule has 2 N–H and O–H groups in total. The molecule has 0 aliphatic rings. The van der Waals surface area contributed by atoms with E-state index in [4.69, 9.17) is 0 Å².